The summed E-state index contributed by atoms with van der Waals surface area (Å²) < 4.78 is 10.4. The molecule has 0 radical (unpaired) electrons. The molecule has 0 bridgehead atoms. The molecule has 2 rings (SSSR count). The van der Waals surface area contributed by atoms with Gasteiger partial charge in [0.1, 0.15) is 11.5 Å². The molecule has 1 heterocycles. The summed E-state index contributed by atoms with van der Waals surface area (Å²) in [6.45, 7) is 3.70. The minimum Gasteiger partial charge on any atom is -0.495 e. The second-order valence-electron chi connectivity index (χ2n) is 4.88. The molecule has 0 saturated carbocycles. The van der Waals surface area contributed by atoms with Gasteiger partial charge in [-0.1, -0.05) is 18.5 Å². The van der Waals surface area contributed by atoms with Crippen LogP contribution in [0.25, 0.3) is 0 Å². The molecule has 6 heteroatoms. The number of amides is 1. The highest BCUT2D eigenvalue weighted by atomic mass is 35.5. The number of anilines is 1. The first-order valence-corrected chi connectivity index (χ1v) is 6.87. The fraction of sp³-hybridized carbons (Fsp3) is 0.500. The summed E-state index contributed by atoms with van der Waals surface area (Å²) in [6.07, 6.45) is 0. The minimum absolute atomic E-state index is 0.0315. The van der Waals surface area contributed by atoms with Crippen molar-refractivity contribution in [2.45, 2.75) is 6.92 Å². The van der Waals surface area contributed by atoms with Crippen molar-refractivity contribution < 1.29 is 14.3 Å². The van der Waals surface area contributed by atoms with E-state index in [1.807, 2.05) is 6.92 Å². The third-order valence-corrected chi connectivity index (χ3v) is 3.96. The van der Waals surface area contributed by atoms with E-state index in [0.29, 0.717) is 28.1 Å². The van der Waals surface area contributed by atoms with Crippen LogP contribution in [0.1, 0.15) is 6.92 Å². The van der Waals surface area contributed by atoms with Gasteiger partial charge in [0.25, 0.3) is 0 Å². The molecule has 0 aliphatic carbocycles. The van der Waals surface area contributed by atoms with Crippen LogP contribution in [0.15, 0.2) is 12.1 Å². The Bertz CT molecular complexity index is 503. The highest BCUT2D eigenvalue weighted by molar-refractivity contribution is 6.32. The molecule has 1 aliphatic rings. The molecular weight excluding hydrogens is 280 g/mol. The number of carbonyl (C=O) groups is 1. The maximum absolute atomic E-state index is 12.2. The van der Waals surface area contributed by atoms with Crippen LogP contribution < -0.4 is 20.1 Å². The molecule has 0 spiro atoms. The minimum atomic E-state index is -0.0539. The Balaban J connectivity index is 2.15. The van der Waals surface area contributed by atoms with Gasteiger partial charge in [-0.3, -0.25) is 4.79 Å². The third kappa shape index (κ3) is 2.99. The van der Waals surface area contributed by atoms with Gasteiger partial charge in [0.15, 0.2) is 0 Å². The zero-order valence-electron chi connectivity index (χ0n) is 11.8. The summed E-state index contributed by atoms with van der Waals surface area (Å²) in [5, 5.41) is 6.47. The molecule has 1 aromatic carbocycles. The topological polar surface area (TPSA) is 59.6 Å². The standard InChI is InChI=1S/C14H19ClN2O3/c1-8(9-6-16-7-9)14(18)17-11-4-10(15)12(19-2)5-13(11)20-3/h4-5,8-9,16H,6-7H2,1-3H3,(H,17,18). The van der Waals surface area contributed by atoms with Gasteiger partial charge in [0.2, 0.25) is 5.91 Å². The molecule has 0 aromatic heterocycles. The average Bonchev–Trinajstić information content (AvgIpc) is 2.37. The fourth-order valence-electron chi connectivity index (χ4n) is 2.08. The normalized spacial score (nSPS) is 16.2. The summed E-state index contributed by atoms with van der Waals surface area (Å²) in [6, 6.07) is 3.30. The van der Waals surface area contributed by atoms with E-state index >= 15 is 0 Å². The van der Waals surface area contributed by atoms with Gasteiger partial charge in [-0.15, -0.1) is 0 Å². The predicted molar refractivity (Wildman–Crippen MR) is 78.7 cm³/mol. The van der Waals surface area contributed by atoms with Crippen molar-refractivity contribution in [3.63, 3.8) is 0 Å². The number of methoxy groups -OCH3 is 2. The van der Waals surface area contributed by atoms with Crippen LogP contribution in [0.5, 0.6) is 11.5 Å². The molecule has 2 N–H and O–H groups in total. The van der Waals surface area contributed by atoms with Crippen molar-refractivity contribution in [3.8, 4) is 11.5 Å². The number of ether oxygens (including phenoxy) is 2. The van der Waals surface area contributed by atoms with Crippen LogP contribution in [0.3, 0.4) is 0 Å². The zero-order valence-corrected chi connectivity index (χ0v) is 12.6. The van der Waals surface area contributed by atoms with E-state index in [1.54, 1.807) is 12.1 Å². The van der Waals surface area contributed by atoms with Crippen molar-refractivity contribution >= 4 is 23.2 Å². The lowest BCUT2D eigenvalue weighted by atomic mass is 9.88. The molecule has 1 saturated heterocycles. The largest absolute Gasteiger partial charge is 0.495 e. The van der Waals surface area contributed by atoms with E-state index in [9.17, 15) is 4.79 Å². The van der Waals surface area contributed by atoms with Crippen LogP contribution >= 0.6 is 11.6 Å². The predicted octanol–water partition coefficient (Wildman–Crippen LogP) is 2.15. The Morgan fingerprint density at radius 1 is 1.35 bits per heavy atom. The Hall–Kier alpha value is -1.46. The first-order chi connectivity index (χ1) is 9.56. The van der Waals surface area contributed by atoms with Gasteiger partial charge >= 0.3 is 0 Å². The summed E-state index contributed by atoms with van der Waals surface area (Å²) in [5.74, 6) is 1.34. The van der Waals surface area contributed by atoms with Crippen LogP contribution in [-0.4, -0.2) is 33.2 Å². The second-order valence-corrected chi connectivity index (χ2v) is 5.29. The molecule has 1 aromatic rings. The van der Waals surface area contributed by atoms with Crippen LogP contribution in [0.4, 0.5) is 5.69 Å². The van der Waals surface area contributed by atoms with Crippen LogP contribution in [0.2, 0.25) is 5.02 Å². The highest BCUT2D eigenvalue weighted by Crippen LogP contribution is 2.36. The van der Waals surface area contributed by atoms with Crippen molar-refractivity contribution in [1.29, 1.82) is 0 Å². The van der Waals surface area contributed by atoms with E-state index in [1.165, 1.54) is 14.2 Å². The van der Waals surface area contributed by atoms with E-state index < -0.39 is 0 Å². The van der Waals surface area contributed by atoms with Crippen molar-refractivity contribution in [2.24, 2.45) is 11.8 Å². The number of halogens is 1. The number of hydrogen-bond donors (Lipinski definition) is 2. The zero-order chi connectivity index (χ0) is 14.7. The Labute approximate surface area is 123 Å². The molecule has 20 heavy (non-hydrogen) atoms. The molecule has 110 valence electrons. The first kappa shape index (κ1) is 14.9. The van der Waals surface area contributed by atoms with Gasteiger partial charge in [0, 0.05) is 12.0 Å². The molecule has 1 atom stereocenters. The number of rotatable bonds is 5. The molecule has 1 unspecified atom stereocenters. The van der Waals surface area contributed by atoms with Crippen LogP contribution in [0, 0.1) is 11.8 Å². The third-order valence-electron chi connectivity index (χ3n) is 3.67. The Morgan fingerprint density at radius 3 is 2.50 bits per heavy atom. The SMILES string of the molecule is COc1cc(OC)c(NC(=O)C(C)C2CNC2)cc1Cl. The summed E-state index contributed by atoms with van der Waals surface area (Å²) >= 11 is 6.08. The molecule has 1 amide bonds. The lowest BCUT2D eigenvalue weighted by Crippen LogP contribution is -2.48. The summed E-state index contributed by atoms with van der Waals surface area (Å²) in [5.41, 5.74) is 0.558. The Morgan fingerprint density at radius 2 is 2.00 bits per heavy atom. The molecular formula is C14H19ClN2O3. The van der Waals surface area contributed by atoms with E-state index in [4.69, 9.17) is 21.1 Å². The van der Waals surface area contributed by atoms with Gasteiger partial charge in [-0.25, -0.2) is 0 Å². The smallest absolute Gasteiger partial charge is 0.227 e. The summed E-state index contributed by atoms with van der Waals surface area (Å²) in [4.78, 5) is 12.2. The maximum atomic E-state index is 12.2. The Kier molecular flexibility index (Phi) is 4.73. The average molecular weight is 299 g/mol. The van der Waals surface area contributed by atoms with Gasteiger partial charge < -0.3 is 20.1 Å². The monoisotopic (exact) mass is 298 g/mol. The van der Waals surface area contributed by atoms with E-state index in [2.05, 4.69) is 10.6 Å². The quantitative estimate of drug-likeness (QED) is 0.874. The van der Waals surface area contributed by atoms with Crippen molar-refractivity contribution in [2.75, 3.05) is 32.6 Å². The van der Waals surface area contributed by atoms with E-state index in [-0.39, 0.29) is 11.8 Å². The fourth-order valence-corrected chi connectivity index (χ4v) is 2.32. The van der Waals surface area contributed by atoms with Crippen molar-refractivity contribution in [1.82, 2.24) is 5.32 Å². The highest BCUT2D eigenvalue weighted by Gasteiger charge is 2.29. The van der Waals surface area contributed by atoms with Gasteiger partial charge in [0.05, 0.1) is 24.9 Å². The second kappa shape index (κ2) is 6.33. The number of carbonyl (C=O) groups excluding carboxylic acids is 1. The lowest BCUT2D eigenvalue weighted by Gasteiger charge is -2.31. The van der Waals surface area contributed by atoms with Gasteiger partial charge in [-0.2, -0.15) is 0 Å². The molecule has 1 aliphatic heterocycles. The van der Waals surface area contributed by atoms with Gasteiger partial charge in [-0.05, 0) is 25.1 Å². The number of nitrogens with one attached hydrogen (secondary N) is 2. The first-order valence-electron chi connectivity index (χ1n) is 6.50. The maximum Gasteiger partial charge on any atom is 0.227 e. The number of benzene rings is 1. The van der Waals surface area contributed by atoms with E-state index in [0.717, 1.165) is 13.1 Å². The molecule has 5 nitrogen and oxygen atoms in total. The number of hydrogen-bond acceptors (Lipinski definition) is 4. The van der Waals surface area contributed by atoms with Crippen LogP contribution in [-0.2, 0) is 4.79 Å². The molecule has 1 fully saturated rings. The lowest BCUT2D eigenvalue weighted by molar-refractivity contribution is -0.121. The summed E-state index contributed by atoms with van der Waals surface area (Å²) in [7, 11) is 3.07. The van der Waals surface area contributed by atoms with Crippen molar-refractivity contribution in [3.05, 3.63) is 17.2 Å².